The average Bonchev–Trinajstić information content (AvgIpc) is 2.47. The van der Waals surface area contributed by atoms with Crippen LogP contribution in [-0.2, 0) is 6.42 Å². The molecule has 0 aliphatic rings. The largest absolute Gasteiger partial charge is 0.294 e. The molecule has 0 aliphatic carbocycles. The van der Waals surface area contributed by atoms with Crippen LogP contribution in [-0.4, -0.2) is 5.78 Å². The second-order valence-electron chi connectivity index (χ2n) is 4.88. The first-order valence-corrected chi connectivity index (χ1v) is 7.39. The Bertz CT molecular complexity index is 806. The zero-order valence-corrected chi connectivity index (χ0v) is 12.7. The second kappa shape index (κ2) is 5.78. The zero-order chi connectivity index (χ0) is 14.8. The summed E-state index contributed by atoms with van der Waals surface area (Å²) in [6, 6.07) is 18.4. The van der Waals surface area contributed by atoms with Crippen LogP contribution in [0.3, 0.4) is 0 Å². The molecular formula is C18H12BrFO. The van der Waals surface area contributed by atoms with Crippen LogP contribution in [0, 0.1) is 5.82 Å². The van der Waals surface area contributed by atoms with Crippen LogP contribution in [0.1, 0.15) is 15.9 Å². The van der Waals surface area contributed by atoms with E-state index in [9.17, 15) is 9.18 Å². The number of carbonyl (C=O) groups is 1. The molecule has 0 bridgehead atoms. The van der Waals surface area contributed by atoms with Crippen molar-refractivity contribution in [3.63, 3.8) is 0 Å². The molecule has 0 fully saturated rings. The third-order valence-corrected chi connectivity index (χ3v) is 4.08. The van der Waals surface area contributed by atoms with E-state index in [1.807, 2.05) is 42.5 Å². The van der Waals surface area contributed by atoms with Gasteiger partial charge in [0.2, 0.25) is 0 Å². The molecule has 104 valence electrons. The van der Waals surface area contributed by atoms with Crippen molar-refractivity contribution in [2.45, 2.75) is 6.42 Å². The molecule has 0 unspecified atom stereocenters. The first-order chi connectivity index (χ1) is 10.1. The van der Waals surface area contributed by atoms with E-state index in [4.69, 9.17) is 0 Å². The Hall–Kier alpha value is -2.00. The Balaban J connectivity index is 1.93. The number of ketones is 1. The smallest absolute Gasteiger partial charge is 0.171 e. The SMILES string of the molecule is O=C(Cc1ccc2ccccc2c1)c1c(F)cccc1Br. The van der Waals surface area contributed by atoms with Crippen molar-refractivity contribution in [3.05, 3.63) is 82.1 Å². The Kier molecular flexibility index (Phi) is 3.84. The molecule has 3 rings (SSSR count). The number of Topliss-reactive ketones (excluding diaryl/α,β-unsaturated/α-hetero) is 1. The highest BCUT2D eigenvalue weighted by molar-refractivity contribution is 9.10. The van der Waals surface area contributed by atoms with E-state index in [0.717, 1.165) is 16.3 Å². The maximum Gasteiger partial charge on any atom is 0.171 e. The van der Waals surface area contributed by atoms with Crippen molar-refractivity contribution in [1.82, 2.24) is 0 Å². The van der Waals surface area contributed by atoms with Crippen LogP contribution < -0.4 is 0 Å². The van der Waals surface area contributed by atoms with Gasteiger partial charge in [0.25, 0.3) is 0 Å². The molecule has 3 aromatic rings. The fraction of sp³-hybridized carbons (Fsp3) is 0.0556. The fourth-order valence-corrected chi connectivity index (χ4v) is 2.95. The number of hydrogen-bond acceptors (Lipinski definition) is 1. The molecule has 0 saturated carbocycles. The van der Waals surface area contributed by atoms with Gasteiger partial charge >= 0.3 is 0 Å². The van der Waals surface area contributed by atoms with Crippen molar-refractivity contribution >= 4 is 32.5 Å². The molecule has 0 aliphatic heterocycles. The highest BCUT2D eigenvalue weighted by Crippen LogP contribution is 2.23. The van der Waals surface area contributed by atoms with Gasteiger partial charge in [-0.25, -0.2) is 4.39 Å². The molecule has 0 heterocycles. The summed E-state index contributed by atoms with van der Waals surface area (Å²) in [6.07, 6.45) is 0.185. The van der Waals surface area contributed by atoms with E-state index < -0.39 is 5.82 Å². The number of carbonyl (C=O) groups excluding carboxylic acids is 1. The third-order valence-electron chi connectivity index (χ3n) is 3.42. The summed E-state index contributed by atoms with van der Waals surface area (Å²) >= 11 is 3.24. The van der Waals surface area contributed by atoms with Gasteiger partial charge in [-0.1, -0.05) is 48.5 Å². The highest BCUT2D eigenvalue weighted by Gasteiger charge is 2.15. The highest BCUT2D eigenvalue weighted by atomic mass is 79.9. The summed E-state index contributed by atoms with van der Waals surface area (Å²) in [7, 11) is 0. The lowest BCUT2D eigenvalue weighted by Crippen LogP contribution is -2.07. The fourth-order valence-electron chi connectivity index (χ4n) is 2.39. The van der Waals surface area contributed by atoms with E-state index >= 15 is 0 Å². The summed E-state index contributed by atoms with van der Waals surface area (Å²) in [5, 5.41) is 2.20. The predicted molar refractivity (Wildman–Crippen MR) is 86.1 cm³/mol. The van der Waals surface area contributed by atoms with Gasteiger partial charge in [0.15, 0.2) is 5.78 Å². The molecule has 1 nitrogen and oxygen atoms in total. The standard InChI is InChI=1S/C18H12BrFO/c19-15-6-3-7-16(20)18(15)17(21)11-12-8-9-13-4-1-2-5-14(13)10-12/h1-10H,11H2. The maximum atomic E-state index is 13.8. The molecule has 0 amide bonds. The normalized spacial score (nSPS) is 10.8. The number of benzene rings is 3. The van der Waals surface area contributed by atoms with E-state index in [2.05, 4.69) is 15.9 Å². The van der Waals surface area contributed by atoms with Crippen LogP contribution in [0.4, 0.5) is 4.39 Å². The summed E-state index contributed by atoms with van der Waals surface area (Å²) in [4.78, 5) is 12.3. The van der Waals surface area contributed by atoms with Crippen molar-refractivity contribution < 1.29 is 9.18 Å². The van der Waals surface area contributed by atoms with Gasteiger partial charge in [-0.05, 0) is 44.4 Å². The molecule has 0 N–H and O–H groups in total. The van der Waals surface area contributed by atoms with Crippen molar-refractivity contribution in [1.29, 1.82) is 0 Å². The first kappa shape index (κ1) is 14.0. The van der Waals surface area contributed by atoms with E-state index in [1.165, 1.54) is 6.07 Å². The quantitative estimate of drug-likeness (QED) is 0.600. The first-order valence-electron chi connectivity index (χ1n) is 6.60. The third kappa shape index (κ3) is 2.88. The Morgan fingerprint density at radius 3 is 2.48 bits per heavy atom. The molecular weight excluding hydrogens is 331 g/mol. The van der Waals surface area contributed by atoms with Crippen LogP contribution in [0.2, 0.25) is 0 Å². The minimum atomic E-state index is -0.491. The number of hydrogen-bond donors (Lipinski definition) is 0. The number of halogens is 2. The van der Waals surface area contributed by atoms with Gasteiger partial charge in [-0.2, -0.15) is 0 Å². The van der Waals surface area contributed by atoms with Crippen LogP contribution in [0.25, 0.3) is 10.8 Å². The Labute approximate surface area is 130 Å². The summed E-state index contributed by atoms with van der Waals surface area (Å²) < 4.78 is 14.3. The maximum absolute atomic E-state index is 13.8. The Morgan fingerprint density at radius 1 is 0.952 bits per heavy atom. The van der Waals surface area contributed by atoms with Crippen molar-refractivity contribution in [2.24, 2.45) is 0 Å². The summed E-state index contributed by atoms with van der Waals surface area (Å²) in [5.74, 6) is -0.717. The molecule has 0 spiro atoms. The number of fused-ring (bicyclic) bond motifs is 1. The van der Waals surface area contributed by atoms with Crippen LogP contribution >= 0.6 is 15.9 Å². The molecule has 0 radical (unpaired) electrons. The zero-order valence-electron chi connectivity index (χ0n) is 11.1. The van der Waals surface area contributed by atoms with Crippen molar-refractivity contribution in [3.8, 4) is 0 Å². The minimum absolute atomic E-state index is 0.116. The van der Waals surface area contributed by atoms with E-state index in [0.29, 0.717) is 4.47 Å². The van der Waals surface area contributed by atoms with Gasteiger partial charge in [0.1, 0.15) is 5.82 Å². The van der Waals surface area contributed by atoms with E-state index in [-0.39, 0.29) is 17.8 Å². The van der Waals surface area contributed by atoms with Gasteiger partial charge in [0.05, 0.1) is 5.56 Å². The van der Waals surface area contributed by atoms with E-state index in [1.54, 1.807) is 12.1 Å². The summed E-state index contributed by atoms with van der Waals surface area (Å²) in [5.41, 5.74) is 1.000. The van der Waals surface area contributed by atoms with Crippen molar-refractivity contribution in [2.75, 3.05) is 0 Å². The lowest BCUT2D eigenvalue weighted by atomic mass is 10.00. The number of rotatable bonds is 3. The molecule has 3 heteroatoms. The van der Waals surface area contributed by atoms with Gasteiger partial charge in [0, 0.05) is 10.9 Å². The molecule has 0 saturated heterocycles. The van der Waals surface area contributed by atoms with Gasteiger partial charge < -0.3 is 0 Å². The molecule has 21 heavy (non-hydrogen) atoms. The van der Waals surface area contributed by atoms with Crippen LogP contribution in [0.5, 0.6) is 0 Å². The second-order valence-corrected chi connectivity index (χ2v) is 5.73. The summed E-state index contributed by atoms with van der Waals surface area (Å²) in [6.45, 7) is 0. The van der Waals surface area contributed by atoms with Gasteiger partial charge in [-0.15, -0.1) is 0 Å². The average molecular weight is 343 g/mol. The van der Waals surface area contributed by atoms with Crippen LogP contribution in [0.15, 0.2) is 65.1 Å². The monoisotopic (exact) mass is 342 g/mol. The Morgan fingerprint density at radius 2 is 1.71 bits per heavy atom. The molecule has 0 atom stereocenters. The molecule has 0 aromatic heterocycles. The topological polar surface area (TPSA) is 17.1 Å². The predicted octanol–water partition coefficient (Wildman–Crippen LogP) is 5.17. The minimum Gasteiger partial charge on any atom is -0.294 e. The lowest BCUT2D eigenvalue weighted by molar-refractivity contribution is 0.0988. The lowest BCUT2D eigenvalue weighted by Gasteiger charge is -2.06. The van der Waals surface area contributed by atoms with Gasteiger partial charge in [-0.3, -0.25) is 4.79 Å². The molecule has 3 aromatic carbocycles.